The van der Waals surface area contributed by atoms with E-state index in [4.69, 9.17) is 14.2 Å². The third-order valence-corrected chi connectivity index (χ3v) is 6.82. The molecule has 36 heavy (non-hydrogen) atoms. The molecule has 0 aliphatic carbocycles. The summed E-state index contributed by atoms with van der Waals surface area (Å²) in [6, 6.07) is 12.6. The van der Waals surface area contributed by atoms with Crippen LogP contribution in [0.4, 0.5) is 0 Å². The maximum absolute atomic E-state index is 12.7. The number of carbonyl (C=O) groups is 1. The van der Waals surface area contributed by atoms with Crippen molar-refractivity contribution in [3.63, 3.8) is 0 Å². The van der Waals surface area contributed by atoms with E-state index in [9.17, 15) is 9.90 Å². The van der Waals surface area contributed by atoms with Gasteiger partial charge in [0.05, 0.1) is 5.60 Å². The molecule has 3 aromatic carbocycles. The number of aliphatic carboxylic acids is 1. The normalized spacial score (nSPS) is 14.0. The van der Waals surface area contributed by atoms with Crippen molar-refractivity contribution in [1.29, 1.82) is 0 Å². The highest BCUT2D eigenvalue weighted by atomic mass is 16.6. The lowest BCUT2D eigenvalue weighted by Gasteiger charge is -2.33. The van der Waals surface area contributed by atoms with Crippen LogP contribution in [-0.2, 0) is 9.53 Å². The summed E-state index contributed by atoms with van der Waals surface area (Å²) in [7, 11) is 0. The largest absolute Gasteiger partial charge is 0.486 e. The Hall–Kier alpha value is -3.31. The van der Waals surface area contributed by atoms with Crippen LogP contribution < -0.4 is 9.47 Å². The number of rotatable bonds is 5. The number of fused-ring (bicyclic) bond motifs is 1. The first kappa shape index (κ1) is 25.8. The van der Waals surface area contributed by atoms with Crippen LogP contribution in [0.3, 0.4) is 0 Å². The molecule has 0 spiro atoms. The molecule has 0 radical (unpaired) electrons. The molecule has 4 rings (SSSR count). The zero-order valence-corrected chi connectivity index (χ0v) is 22.5. The van der Waals surface area contributed by atoms with Gasteiger partial charge in [0.1, 0.15) is 13.2 Å². The molecule has 5 nitrogen and oxygen atoms in total. The van der Waals surface area contributed by atoms with Crippen molar-refractivity contribution in [3.05, 3.63) is 69.8 Å². The predicted octanol–water partition coefficient (Wildman–Crippen LogP) is 7.27. The molecule has 1 atom stereocenters. The van der Waals surface area contributed by atoms with Gasteiger partial charge in [-0.2, -0.15) is 0 Å². The van der Waals surface area contributed by atoms with Crippen LogP contribution in [-0.4, -0.2) is 29.9 Å². The minimum Gasteiger partial charge on any atom is -0.486 e. The second-order valence-corrected chi connectivity index (χ2v) is 10.7. The molecule has 190 valence electrons. The molecule has 3 aromatic rings. The molecule has 1 aliphatic heterocycles. The maximum atomic E-state index is 12.7. The topological polar surface area (TPSA) is 65.0 Å². The first-order valence-corrected chi connectivity index (χ1v) is 12.4. The minimum atomic E-state index is -1.23. The lowest BCUT2D eigenvalue weighted by molar-refractivity contribution is -0.160. The average molecular weight is 489 g/mol. The molecule has 0 amide bonds. The van der Waals surface area contributed by atoms with Crippen molar-refractivity contribution in [3.8, 4) is 33.8 Å². The molecule has 0 saturated heterocycles. The standard InChI is InChI=1S/C31H36O5/c1-17-9-11-22(15-19(17)3)24-21(5)25(23-12-10-18(2)20(4)16-23)27-28(35-14-13-34-27)26(24)29(30(32)33)36-31(6,7)8/h9-12,15-16,29H,13-14H2,1-8H3,(H,32,33). The van der Waals surface area contributed by atoms with E-state index >= 15 is 0 Å². The van der Waals surface area contributed by atoms with Gasteiger partial charge in [-0.25, -0.2) is 4.79 Å². The van der Waals surface area contributed by atoms with Crippen LogP contribution in [0.25, 0.3) is 22.3 Å². The fourth-order valence-electron chi connectivity index (χ4n) is 4.77. The number of hydrogen-bond acceptors (Lipinski definition) is 4. The van der Waals surface area contributed by atoms with E-state index < -0.39 is 17.7 Å². The van der Waals surface area contributed by atoms with Crippen LogP contribution in [0.2, 0.25) is 0 Å². The molecular weight excluding hydrogens is 452 g/mol. The Morgan fingerprint density at radius 2 is 1.31 bits per heavy atom. The molecule has 1 unspecified atom stereocenters. The van der Waals surface area contributed by atoms with Gasteiger partial charge in [-0.3, -0.25) is 0 Å². The highest BCUT2D eigenvalue weighted by Gasteiger charge is 2.37. The Kier molecular flexibility index (Phi) is 6.89. The van der Waals surface area contributed by atoms with Gasteiger partial charge in [0.2, 0.25) is 0 Å². The quantitative estimate of drug-likeness (QED) is 0.409. The number of benzene rings is 3. The van der Waals surface area contributed by atoms with E-state index in [0.29, 0.717) is 30.3 Å². The summed E-state index contributed by atoms with van der Waals surface area (Å²) in [6.45, 7) is 16.7. The smallest absolute Gasteiger partial charge is 0.337 e. The molecule has 1 N–H and O–H groups in total. The van der Waals surface area contributed by atoms with Crippen LogP contribution in [0.1, 0.15) is 60.3 Å². The fourth-order valence-corrected chi connectivity index (χ4v) is 4.77. The molecule has 0 aromatic heterocycles. The molecule has 5 heteroatoms. The highest BCUT2D eigenvalue weighted by Crippen LogP contribution is 2.53. The summed E-state index contributed by atoms with van der Waals surface area (Å²) in [4.78, 5) is 12.7. The number of carboxylic acid groups (broad SMARTS) is 1. The number of ether oxygens (including phenoxy) is 3. The Labute approximate surface area is 214 Å². The Morgan fingerprint density at radius 3 is 1.78 bits per heavy atom. The van der Waals surface area contributed by atoms with Crippen LogP contribution in [0, 0.1) is 34.6 Å². The number of aryl methyl sites for hydroxylation is 4. The van der Waals surface area contributed by atoms with Crippen molar-refractivity contribution in [2.75, 3.05) is 13.2 Å². The van der Waals surface area contributed by atoms with Crippen LogP contribution in [0.15, 0.2) is 36.4 Å². The summed E-state index contributed by atoms with van der Waals surface area (Å²) in [5, 5.41) is 10.4. The lowest BCUT2D eigenvalue weighted by atomic mass is 9.84. The van der Waals surface area contributed by atoms with Gasteiger partial charge in [0.15, 0.2) is 17.6 Å². The van der Waals surface area contributed by atoms with Crippen LogP contribution >= 0.6 is 0 Å². The van der Waals surface area contributed by atoms with Gasteiger partial charge in [-0.1, -0.05) is 36.4 Å². The summed E-state index contributed by atoms with van der Waals surface area (Å²) < 4.78 is 18.6. The van der Waals surface area contributed by atoms with Gasteiger partial charge in [-0.05, 0) is 99.9 Å². The fraction of sp³-hybridized carbons (Fsp3) is 0.387. The lowest BCUT2D eigenvalue weighted by Crippen LogP contribution is -2.29. The average Bonchev–Trinajstić information content (AvgIpc) is 2.80. The first-order valence-electron chi connectivity index (χ1n) is 12.4. The highest BCUT2D eigenvalue weighted by molar-refractivity contribution is 5.92. The molecule has 1 heterocycles. The third kappa shape index (κ3) is 4.85. The number of carboxylic acids is 1. The zero-order valence-electron chi connectivity index (χ0n) is 22.5. The van der Waals surface area contributed by atoms with E-state index in [1.165, 1.54) is 16.7 Å². The summed E-state index contributed by atoms with van der Waals surface area (Å²) in [5.74, 6) is -0.0389. The van der Waals surface area contributed by atoms with E-state index in [1.54, 1.807) is 0 Å². The summed E-state index contributed by atoms with van der Waals surface area (Å²) in [5.41, 5.74) is 9.10. The van der Waals surface area contributed by atoms with Gasteiger partial charge >= 0.3 is 5.97 Å². The molecule has 0 bridgehead atoms. The van der Waals surface area contributed by atoms with E-state index in [1.807, 2.05) is 33.8 Å². The second kappa shape index (κ2) is 9.62. The Balaban J connectivity index is 2.15. The summed E-state index contributed by atoms with van der Waals surface area (Å²) >= 11 is 0. The SMILES string of the molecule is Cc1ccc(-c2c(C)c(-c3ccc(C)c(C)c3)c(C(OC(C)(C)C)C(=O)O)c3c2OCCO3)cc1C. The maximum Gasteiger partial charge on any atom is 0.337 e. The van der Waals surface area contributed by atoms with Crippen molar-refractivity contribution < 1.29 is 24.1 Å². The van der Waals surface area contributed by atoms with E-state index in [2.05, 4.69) is 58.0 Å². The van der Waals surface area contributed by atoms with Crippen LogP contribution in [0.5, 0.6) is 11.5 Å². The van der Waals surface area contributed by atoms with Crippen molar-refractivity contribution in [2.45, 2.75) is 67.1 Å². The Morgan fingerprint density at radius 1 is 0.806 bits per heavy atom. The molecule has 0 fully saturated rings. The van der Waals surface area contributed by atoms with Crippen molar-refractivity contribution >= 4 is 5.97 Å². The van der Waals surface area contributed by atoms with Gasteiger partial charge in [0, 0.05) is 11.1 Å². The minimum absolute atomic E-state index is 0.337. The number of hydrogen-bond donors (Lipinski definition) is 1. The van der Waals surface area contributed by atoms with Gasteiger partial charge in [0.25, 0.3) is 0 Å². The van der Waals surface area contributed by atoms with E-state index in [-0.39, 0.29) is 0 Å². The molecule has 0 saturated carbocycles. The monoisotopic (exact) mass is 488 g/mol. The predicted molar refractivity (Wildman–Crippen MR) is 143 cm³/mol. The third-order valence-electron chi connectivity index (χ3n) is 6.82. The van der Waals surface area contributed by atoms with Gasteiger partial charge < -0.3 is 19.3 Å². The molecular formula is C31H36O5. The molecule has 1 aliphatic rings. The van der Waals surface area contributed by atoms with Gasteiger partial charge in [-0.15, -0.1) is 0 Å². The second-order valence-electron chi connectivity index (χ2n) is 10.7. The van der Waals surface area contributed by atoms with E-state index in [0.717, 1.165) is 33.4 Å². The zero-order chi connectivity index (χ0) is 26.4. The van der Waals surface area contributed by atoms with Crippen molar-refractivity contribution in [2.24, 2.45) is 0 Å². The van der Waals surface area contributed by atoms with Crippen molar-refractivity contribution in [1.82, 2.24) is 0 Å². The first-order chi connectivity index (χ1) is 16.9. The Bertz CT molecular complexity index is 1330. The summed E-state index contributed by atoms with van der Waals surface area (Å²) in [6.07, 6.45) is -1.23.